The molecule has 0 spiro atoms. The number of carbonyl (C=O) groups is 1. The Morgan fingerprint density at radius 1 is 0.826 bits per heavy atom. The van der Waals surface area contributed by atoms with Crippen molar-refractivity contribution in [3.8, 4) is 0 Å². The van der Waals surface area contributed by atoms with Crippen molar-refractivity contribution in [1.29, 1.82) is 0 Å². The maximum Gasteiger partial charge on any atom is 0.222 e. The van der Waals surface area contributed by atoms with Crippen LogP contribution in [0.4, 0.5) is 0 Å². The van der Waals surface area contributed by atoms with Crippen LogP contribution in [-0.2, 0) is 17.6 Å². The summed E-state index contributed by atoms with van der Waals surface area (Å²) in [6.45, 7) is 1.74. The van der Waals surface area contributed by atoms with Crippen molar-refractivity contribution in [3.63, 3.8) is 0 Å². The molecule has 118 valence electrons. The van der Waals surface area contributed by atoms with Gasteiger partial charge in [-0.2, -0.15) is 0 Å². The van der Waals surface area contributed by atoms with E-state index in [1.807, 2.05) is 0 Å². The monoisotopic (exact) mass is 305 g/mol. The number of likely N-dealkylation sites (tertiary alicyclic amines) is 1. The molecule has 2 aromatic carbocycles. The SMILES string of the molecule is O=C1CCCCN1CC1c2ccccc2CCc2ccccc21. The van der Waals surface area contributed by atoms with Crippen molar-refractivity contribution in [2.75, 3.05) is 13.1 Å². The van der Waals surface area contributed by atoms with Crippen LogP contribution >= 0.6 is 0 Å². The van der Waals surface area contributed by atoms with Gasteiger partial charge in [-0.25, -0.2) is 0 Å². The van der Waals surface area contributed by atoms with E-state index in [0.29, 0.717) is 11.8 Å². The van der Waals surface area contributed by atoms with Crippen LogP contribution in [0.5, 0.6) is 0 Å². The molecular formula is C21H23NO. The molecule has 2 aliphatic rings. The lowest BCUT2D eigenvalue weighted by Crippen LogP contribution is -2.38. The van der Waals surface area contributed by atoms with Gasteiger partial charge in [-0.3, -0.25) is 4.79 Å². The van der Waals surface area contributed by atoms with Gasteiger partial charge in [-0.05, 0) is 47.9 Å². The molecule has 1 fully saturated rings. The summed E-state index contributed by atoms with van der Waals surface area (Å²) in [5.41, 5.74) is 5.71. The molecule has 1 aliphatic carbocycles. The van der Waals surface area contributed by atoms with E-state index in [2.05, 4.69) is 53.4 Å². The summed E-state index contributed by atoms with van der Waals surface area (Å²) in [7, 11) is 0. The molecule has 2 heteroatoms. The molecule has 0 N–H and O–H groups in total. The van der Waals surface area contributed by atoms with Crippen LogP contribution in [0, 0.1) is 0 Å². The molecule has 1 aliphatic heterocycles. The minimum atomic E-state index is 0.312. The number of carbonyl (C=O) groups excluding carboxylic acids is 1. The zero-order valence-corrected chi connectivity index (χ0v) is 13.5. The van der Waals surface area contributed by atoms with Gasteiger partial charge in [0.15, 0.2) is 0 Å². The summed E-state index contributed by atoms with van der Waals surface area (Å²) in [4.78, 5) is 14.4. The molecule has 1 heterocycles. The number of aryl methyl sites for hydroxylation is 2. The lowest BCUT2D eigenvalue weighted by atomic mass is 9.87. The molecule has 0 aromatic heterocycles. The standard InChI is InChI=1S/C21H23NO/c23-21-11-5-6-14-22(21)15-20-18-9-3-1-7-16(18)12-13-17-8-2-4-10-19(17)20/h1-4,7-10,20H,5-6,11-15H2. The molecule has 4 rings (SSSR count). The second kappa shape index (κ2) is 6.19. The van der Waals surface area contributed by atoms with Crippen molar-refractivity contribution in [1.82, 2.24) is 4.90 Å². The average Bonchev–Trinajstić information content (AvgIpc) is 2.75. The van der Waals surface area contributed by atoms with E-state index < -0.39 is 0 Å². The molecule has 2 aromatic rings. The summed E-state index contributed by atoms with van der Waals surface area (Å²) in [5, 5.41) is 0. The molecule has 1 amide bonds. The molecular weight excluding hydrogens is 282 g/mol. The Hall–Kier alpha value is -2.09. The zero-order valence-electron chi connectivity index (χ0n) is 13.5. The molecule has 0 unspecified atom stereocenters. The van der Waals surface area contributed by atoms with Crippen LogP contribution < -0.4 is 0 Å². The zero-order chi connectivity index (χ0) is 15.6. The van der Waals surface area contributed by atoms with Crippen molar-refractivity contribution in [2.24, 2.45) is 0 Å². The van der Waals surface area contributed by atoms with E-state index in [4.69, 9.17) is 0 Å². The fourth-order valence-corrected chi connectivity index (χ4v) is 4.11. The largest absolute Gasteiger partial charge is 0.342 e. The number of fused-ring (bicyclic) bond motifs is 2. The Morgan fingerprint density at radius 3 is 2.04 bits per heavy atom. The van der Waals surface area contributed by atoms with Gasteiger partial charge in [0.1, 0.15) is 0 Å². The highest BCUT2D eigenvalue weighted by molar-refractivity contribution is 5.77. The highest BCUT2D eigenvalue weighted by atomic mass is 16.2. The maximum absolute atomic E-state index is 12.3. The van der Waals surface area contributed by atoms with Crippen LogP contribution in [0.15, 0.2) is 48.5 Å². The smallest absolute Gasteiger partial charge is 0.222 e. The van der Waals surface area contributed by atoms with Gasteiger partial charge in [0.2, 0.25) is 5.91 Å². The molecule has 0 saturated carbocycles. The van der Waals surface area contributed by atoms with Crippen molar-refractivity contribution < 1.29 is 4.79 Å². The first kappa shape index (κ1) is 14.5. The Morgan fingerprint density at radius 2 is 1.43 bits per heavy atom. The van der Waals surface area contributed by atoms with Crippen LogP contribution in [-0.4, -0.2) is 23.9 Å². The van der Waals surface area contributed by atoms with Gasteiger partial charge in [0.25, 0.3) is 0 Å². The minimum Gasteiger partial charge on any atom is -0.342 e. The Balaban J connectivity index is 1.75. The number of amides is 1. The lowest BCUT2D eigenvalue weighted by Gasteiger charge is -2.32. The van der Waals surface area contributed by atoms with Crippen molar-refractivity contribution >= 4 is 5.91 Å². The Labute approximate surface area is 138 Å². The van der Waals surface area contributed by atoms with Gasteiger partial charge >= 0.3 is 0 Å². The Bertz CT molecular complexity index is 674. The van der Waals surface area contributed by atoms with Gasteiger partial charge in [0, 0.05) is 25.4 Å². The third-order valence-corrected chi connectivity index (χ3v) is 5.35. The maximum atomic E-state index is 12.3. The fraction of sp³-hybridized carbons (Fsp3) is 0.381. The van der Waals surface area contributed by atoms with Crippen LogP contribution in [0.3, 0.4) is 0 Å². The highest BCUT2D eigenvalue weighted by Gasteiger charge is 2.28. The van der Waals surface area contributed by atoms with E-state index in [-0.39, 0.29) is 0 Å². The number of rotatable bonds is 2. The van der Waals surface area contributed by atoms with Crippen LogP contribution in [0.2, 0.25) is 0 Å². The van der Waals surface area contributed by atoms with Gasteiger partial charge < -0.3 is 4.90 Å². The summed E-state index contributed by atoms with van der Waals surface area (Å²) in [6.07, 6.45) is 5.10. The minimum absolute atomic E-state index is 0.312. The van der Waals surface area contributed by atoms with Crippen molar-refractivity contribution in [2.45, 2.75) is 38.0 Å². The molecule has 0 radical (unpaired) electrons. The summed E-state index contributed by atoms with van der Waals surface area (Å²) in [6, 6.07) is 17.6. The van der Waals surface area contributed by atoms with Gasteiger partial charge in [-0.15, -0.1) is 0 Å². The second-order valence-electron chi connectivity index (χ2n) is 6.75. The molecule has 23 heavy (non-hydrogen) atoms. The summed E-state index contributed by atoms with van der Waals surface area (Å²) in [5.74, 6) is 0.641. The second-order valence-corrected chi connectivity index (χ2v) is 6.75. The first-order valence-electron chi connectivity index (χ1n) is 8.76. The summed E-state index contributed by atoms with van der Waals surface area (Å²) >= 11 is 0. The van der Waals surface area contributed by atoms with Crippen LogP contribution in [0.25, 0.3) is 0 Å². The number of hydrogen-bond acceptors (Lipinski definition) is 1. The lowest BCUT2D eigenvalue weighted by molar-refractivity contribution is -0.133. The van der Waals surface area contributed by atoms with E-state index >= 15 is 0 Å². The van der Waals surface area contributed by atoms with E-state index in [1.54, 1.807) is 0 Å². The third-order valence-electron chi connectivity index (χ3n) is 5.35. The number of piperidine rings is 1. The number of benzene rings is 2. The quantitative estimate of drug-likeness (QED) is 0.823. The molecule has 2 nitrogen and oxygen atoms in total. The van der Waals surface area contributed by atoms with Gasteiger partial charge in [-0.1, -0.05) is 48.5 Å². The van der Waals surface area contributed by atoms with E-state index in [9.17, 15) is 4.79 Å². The number of nitrogens with zero attached hydrogens (tertiary/aromatic N) is 1. The first-order valence-corrected chi connectivity index (χ1v) is 8.76. The molecule has 0 bridgehead atoms. The van der Waals surface area contributed by atoms with E-state index in [1.165, 1.54) is 22.3 Å². The molecule has 0 atom stereocenters. The number of hydrogen-bond donors (Lipinski definition) is 0. The van der Waals surface area contributed by atoms with E-state index in [0.717, 1.165) is 45.2 Å². The topological polar surface area (TPSA) is 20.3 Å². The third kappa shape index (κ3) is 2.78. The van der Waals surface area contributed by atoms with Crippen LogP contribution in [0.1, 0.15) is 47.4 Å². The normalized spacial score (nSPS) is 18.3. The first-order chi connectivity index (χ1) is 11.3. The molecule has 1 saturated heterocycles. The summed E-state index contributed by atoms with van der Waals surface area (Å²) < 4.78 is 0. The fourth-order valence-electron chi connectivity index (χ4n) is 4.11. The predicted octanol–water partition coefficient (Wildman–Crippen LogP) is 3.93. The Kier molecular flexibility index (Phi) is 3.90. The van der Waals surface area contributed by atoms with Gasteiger partial charge in [0.05, 0.1) is 0 Å². The van der Waals surface area contributed by atoms with Crippen molar-refractivity contribution in [3.05, 3.63) is 70.8 Å². The predicted molar refractivity (Wildman–Crippen MR) is 92.6 cm³/mol. The average molecular weight is 305 g/mol. The highest BCUT2D eigenvalue weighted by Crippen LogP contribution is 2.35.